The maximum absolute atomic E-state index is 13.4. The Morgan fingerprint density at radius 1 is 1.44 bits per heavy atom. The molecule has 1 aromatic rings. The van der Waals surface area contributed by atoms with Crippen LogP contribution in [0.1, 0.15) is 32.6 Å². The van der Waals surface area contributed by atoms with Crippen molar-refractivity contribution in [1.29, 1.82) is 0 Å². The molecule has 2 atom stereocenters. The Morgan fingerprint density at radius 3 is 2.94 bits per heavy atom. The molecule has 2 nitrogen and oxygen atoms in total. The van der Waals surface area contributed by atoms with Crippen molar-refractivity contribution in [1.82, 2.24) is 0 Å². The molecule has 0 amide bonds. The molecule has 0 aromatic heterocycles. The van der Waals surface area contributed by atoms with E-state index in [-0.39, 0.29) is 5.82 Å². The van der Waals surface area contributed by atoms with Gasteiger partial charge in [-0.15, -0.1) is 0 Å². The first-order chi connectivity index (χ1) is 8.56. The number of hydrogen-bond donors (Lipinski definition) is 1. The molecule has 0 heterocycles. The van der Waals surface area contributed by atoms with Crippen LogP contribution >= 0.6 is 22.6 Å². The van der Waals surface area contributed by atoms with Crippen LogP contribution < -0.4 is 10.5 Å². The molecular weight excluding hydrogens is 344 g/mol. The van der Waals surface area contributed by atoms with Gasteiger partial charge in [0, 0.05) is 6.07 Å². The summed E-state index contributed by atoms with van der Waals surface area (Å²) in [5, 5.41) is 0. The fourth-order valence-corrected chi connectivity index (χ4v) is 3.08. The van der Waals surface area contributed by atoms with Gasteiger partial charge in [-0.1, -0.05) is 19.8 Å². The van der Waals surface area contributed by atoms with E-state index in [1.807, 2.05) is 22.6 Å². The second kappa shape index (κ2) is 6.08. The number of nitrogen functional groups attached to an aromatic ring is 1. The van der Waals surface area contributed by atoms with Gasteiger partial charge in [-0.05, 0) is 53.3 Å². The van der Waals surface area contributed by atoms with Crippen LogP contribution in [-0.4, -0.2) is 6.61 Å². The molecule has 1 saturated carbocycles. The third-order valence-electron chi connectivity index (χ3n) is 3.57. The van der Waals surface area contributed by atoms with Crippen LogP contribution in [-0.2, 0) is 0 Å². The zero-order valence-electron chi connectivity index (χ0n) is 10.6. The third-order valence-corrected chi connectivity index (χ3v) is 4.40. The average Bonchev–Trinajstić information content (AvgIpc) is 2.32. The SMILES string of the molecule is CC1CCCC(COc2cc(F)c(I)cc2N)C1. The predicted octanol–water partition coefficient (Wildman–Crippen LogP) is 4.22. The number of benzene rings is 1. The molecule has 0 aliphatic heterocycles. The zero-order valence-corrected chi connectivity index (χ0v) is 12.7. The molecule has 1 aliphatic rings. The summed E-state index contributed by atoms with van der Waals surface area (Å²) in [4.78, 5) is 0. The molecule has 0 bridgehead atoms. The van der Waals surface area contributed by atoms with E-state index >= 15 is 0 Å². The minimum atomic E-state index is -0.267. The highest BCUT2D eigenvalue weighted by molar-refractivity contribution is 14.1. The van der Waals surface area contributed by atoms with Crippen LogP contribution in [0.4, 0.5) is 10.1 Å². The zero-order chi connectivity index (χ0) is 13.1. The summed E-state index contributed by atoms with van der Waals surface area (Å²) in [6, 6.07) is 3.01. The van der Waals surface area contributed by atoms with Crippen molar-refractivity contribution < 1.29 is 9.13 Å². The molecule has 2 unspecified atom stereocenters. The molecule has 1 aromatic carbocycles. The molecule has 100 valence electrons. The van der Waals surface area contributed by atoms with Gasteiger partial charge in [0.2, 0.25) is 0 Å². The van der Waals surface area contributed by atoms with E-state index in [0.717, 1.165) is 5.92 Å². The van der Waals surface area contributed by atoms with Crippen LogP contribution in [0.5, 0.6) is 5.75 Å². The van der Waals surface area contributed by atoms with E-state index in [0.29, 0.717) is 27.5 Å². The Kier molecular flexibility index (Phi) is 4.70. The molecule has 2 N–H and O–H groups in total. The van der Waals surface area contributed by atoms with E-state index in [1.165, 1.54) is 31.7 Å². The first kappa shape index (κ1) is 13.9. The largest absolute Gasteiger partial charge is 0.491 e. The van der Waals surface area contributed by atoms with Gasteiger partial charge < -0.3 is 10.5 Å². The molecule has 0 saturated heterocycles. The summed E-state index contributed by atoms with van der Waals surface area (Å²) in [5.74, 6) is 1.57. The van der Waals surface area contributed by atoms with Crippen molar-refractivity contribution in [2.45, 2.75) is 32.6 Å². The maximum atomic E-state index is 13.4. The molecule has 0 spiro atoms. The normalized spacial score (nSPS) is 23.9. The second-order valence-electron chi connectivity index (χ2n) is 5.25. The third kappa shape index (κ3) is 3.49. The molecule has 18 heavy (non-hydrogen) atoms. The molecule has 1 aliphatic carbocycles. The fourth-order valence-electron chi connectivity index (χ4n) is 2.59. The molecule has 4 heteroatoms. The first-order valence-corrected chi connectivity index (χ1v) is 7.51. The predicted molar refractivity (Wildman–Crippen MR) is 80.1 cm³/mol. The van der Waals surface area contributed by atoms with Gasteiger partial charge >= 0.3 is 0 Å². The standard InChI is InChI=1S/C14H19FINO/c1-9-3-2-4-10(5-9)8-18-14-6-11(15)12(16)7-13(14)17/h6-7,9-10H,2-5,8,17H2,1H3. The van der Waals surface area contributed by atoms with E-state index < -0.39 is 0 Å². The van der Waals surface area contributed by atoms with Crippen LogP contribution in [0, 0.1) is 21.2 Å². The summed E-state index contributed by atoms with van der Waals surface area (Å²) in [5.41, 5.74) is 6.35. The lowest BCUT2D eigenvalue weighted by atomic mass is 9.83. The van der Waals surface area contributed by atoms with Crippen LogP contribution in [0.3, 0.4) is 0 Å². The summed E-state index contributed by atoms with van der Waals surface area (Å²) in [6.45, 7) is 2.93. The maximum Gasteiger partial charge on any atom is 0.145 e. The minimum absolute atomic E-state index is 0.267. The van der Waals surface area contributed by atoms with Gasteiger partial charge in [0.25, 0.3) is 0 Å². The number of nitrogens with two attached hydrogens (primary N) is 1. The van der Waals surface area contributed by atoms with Crippen molar-refractivity contribution in [2.75, 3.05) is 12.3 Å². The lowest BCUT2D eigenvalue weighted by Crippen LogP contribution is -2.20. The van der Waals surface area contributed by atoms with Gasteiger partial charge in [-0.2, -0.15) is 0 Å². The number of ether oxygens (including phenoxy) is 1. The number of anilines is 1. The Labute approximate surface area is 121 Å². The Morgan fingerprint density at radius 2 is 2.22 bits per heavy atom. The highest BCUT2D eigenvalue weighted by Crippen LogP contribution is 2.31. The molecular formula is C14H19FINO. The Bertz CT molecular complexity index is 425. The quantitative estimate of drug-likeness (QED) is 0.645. The smallest absolute Gasteiger partial charge is 0.145 e. The Balaban J connectivity index is 1.95. The van der Waals surface area contributed by atoms with E-state index in [4.69, 9.17) is 10.5 Å². The van der Waals surface area contributed by atoms with Gasteiger partial charge in [0.15, 0.2) is 0 Å². The Hall–Kier alpha value is -0.520. The van der Waals surface area contributed by atoms with Crippen LogP contribution in [0.2, 0.25) is 0 Å². The second-order valence-corrected chi connectivity index (χ2v) is 6.42. The van der Waals surface area contributed by atoms with Crippen LogP contribution in [0.25, 0.3) is 0 Å². The number of hydrogen-bond acceptors (Lipinski definition) is 2. The minimum Gasteiger partial charge on any atom is -0.491 e. The summed E-state index contributed by atoms with van der Waals surface area (Å²) < 4.78 is 19.7. The monoisotopic (exact) mass is 363 g/mol. The van der Waals surface area contributed by atoms with Crippen molar-refractivity contribution >= 4 is 28.3 Å². The average molecular weight is 363 g/mol. The van der Waals surface area contributed by atoms with Crippen molar-refractivity contribution in [2.24, 2.45) is 11.8 Å². The number of rotatable bonds is 3. The van der Waals surface area contributed by atoms with E-state index in [1.54, 1.807) is 6.07 Å². The highest BCUT2D eigenvalue weighted by Gasteiger charge is 2.19. The van der Waals surface area contributed by atoms with Crippen LogP contribution in [0.15, 0.2) is 12.1 Å². The topological polar surface area (TPSA) is 35.2 Å². The summed E-state index contributed by atoms with van der Waals surface area (Å²) in [7, 11) is 0. The van der Waals surface area contributed by atoms with E-state index in [2.05, 4.69) is 6.92 Å². The van der Waals surface area contributed by atoms with E-state index in [9.17, 15) is 4.39 Å². The molecule has 0 radical (unpaired) electrons. The first-order valence-electron chi connectivity index (χ1n) is 6.43. The van der Waals surface area contributed by atoms with Gasteiger partial charge in [0.05, 0.1) is 15.9 Å². The van der Waals surface area contributed by atoms with Crippen molar-refractivity contribution in [3.05, 3.63) is 21.5 Å². The lowest BCUT2D eigenvalue weighted by Gasteiger charge is -2.26. The van der Waals surface area contributed by atoms with Gasteiger partial charge in [-0.3, -0.25) is 0 Å². The summed E-state index contributed by atoms with van der Waals surface area (Å²) >= 11 is 1.93. The summed E-state index contributed by atoms with van der Waals surface area (Å²) in [6.07, 6.45) is 4.99. The van der Waals surface area contributed by atoms with Crippen molar-refractivity contribution in [3.63, 3.8) is 0 Å². The number of halogens is 2. The molecule has 2 rings (SSSR count). The van der Waals surface area contributed by atoms with Crippen molar-refractivity contribution in [3.8, 4) is 5.75 Å². The lowest BCUT2D eigenvalue weighted by molar-refractivity contribution is 0.182. The fraction of sp³-hybridized carbons (Fsp3) is 0.571. The molecule has 1 fully saturated rings. The van der Waals surface area contributed by atoms with Gasteiger partial charge in [-0.25, -0.2) is 4.39 Å². The van der Waals surface area contributed by atoms with Gasteiger partial charge in [0.1, 0.15) is 11.6 Å². The highest BCUT2D eigenvalue weighted by atomic mass is 127.